The molecular formula is C10H9Cl2NO3. The van der Waals surface area contributed by atoms with Crippen LogP contribution in [0.1, 0.15) is 5.56 Å². The fraction of sp³-hybridized carbons (Fsp3) is 0.200. The van der Waals surface area contributed by atoms with Crippen LogP contribution >= 0.6 is 23.2 Å². The maximum absolute atomic E-state index is 10.8. The molecule has 1 rings (SSSR count). The highest BCUT2D eigenvalue weighted by Crippen LogP contribution is 2.22. The molecule has 2 N–H and O–H groups in total. The summed E-state index contributed by atoms with van der Waals surface area (Å²) < 4.78 is 0. The van der Waals surface area contributed by atoms with Crippen LogP contribution in [-0.4, -0.2) is 23.5 Å². The molecule has 0 aliphatic heterocycles. The average Bonchev–Trinajstić information content (AvgIpc) is 2.20. The van der Waals surface area contributed by atoms with Crippen LogP contribution in [0.15, 0.2) is 18.2 Å². The molecule has 1 aromatic carbocycles. The van der Waals surface area contributed by atoms with E-state index in [2.05, 4.69) is 5.32 Å². The van der Waals surface area contributed by atoms with Crippen LogP contribution in [0.4, 0.5) is 0 Å². The van der Waals surface area contributed by atoms with Gasteiger partial charge in [-0.3, -0.25) is 4.79 Å². The maximum atomic E-state index is 10.8. The Morgan fingerprint density at radius 3 is 2.69 bits per heavy atom. The third-order valence-corrected chi connectivity index (χ3v) is 2.59. The van der Waals surface area contributed by atoms with Gasteiger partial charge in [0.15, 0.2) is 0 Å². The first-order chi connectivity index (χ1) is 7.54. The van der Waals surface area contributed by atoms with Crippen molar-refractivity contribution in [3.8, 4) is 0 Å². The van der Waals surface area contributed by atoms with E-state index in [0.29, 0.717) is 22.0 Å². The third kappa shape index (κ3) is 3.40. The van der Waals surface area contributed by atoms with Crippen LogP contribution < -0.4 is 5.32 Å². The molecule has 0 heterocycles. The normalized spacial score (nSPS) is 11.9. The molecule has 0 bridgehead atoms. The van der Waals surface area contributed by atoms with Crippen molar-refractivity contribution >= 4 is 35.6 Å². The van der Waals surface area contributed by atoms with E-state index in [1.165, 1.54) is 6.07 Å². The van der Waals surface area contributed by atoms with E-state index in [1.54, 1.807) is 12.1 Å². The predicted molar refractivity (Wildman–Crippen MR) is 60.8 cm³/mol. The van der Waals surface area contributed by atoms with Gasteiger partial charge in [0.1, 0.15) is 6.04 Å². The van der Waals surface area contributed by atoms with E-state index >= 15 is 0 Å². The van der Waals surface area contributed by atoms with Crippen molar-refractivity contribution in [1.29, 1.82) is 0 Å². The van der Waals surface area contributed by atoms with Crippen molar-refractivity contribution in [2.75, 3.05) is 0 Å². The number of benzene rings is 1. The van der Waals surface area contributed by atoms with Gasteiger partial charge in [0.2, 0.25) is 6.41 Å². The number of carbonyl (C=O) groups excluding carboxylic acids is 1. The number of hydrogen-bond acceptors (Lipinski definition) is 2. The van der Waals surface area contributed by atoms with Gasteiger partial charge in [0.05, 0.1) is 0 Å². The molecule has 1 amide bonds. The van der Waals surface area contributed by atoms with Gasteiger partial charge < -0.3 is 10.4 Å². The molecule has 0 saturated heterocycles. The lowest BCUT2D eigenvalue weighted by Crippen LogP contribution is -2.37. The van der Waals surface area contributed by atoms with Crippen molar-refractivity contribution in [3.63, 3.8) is 0 Å². The van der Waals surface area contributed by atoms with Crippen LogP contribution in [0.2, 0.25) is 10.0 Å². The Kier molecular flexibility index (Phi) is 4.58. The number of hydrogen-bond donors (Lipinski definition) is 2. The summed E-state index contributed by atoms with van der Waals surface area (Å²) in [6.07, 6.45) is 0.465. The number of nitrogens with one attached hydrogen (secondary N) is 1. The third-order valence-electron chi connectivity index (χ3n) is 2.01. The zero-order chi connectivity index (χ0) is 12.1. The molecule has 1 unspecified atom stereocenters. The van der Waals surface area contributed by atoms with Crippen molar-refractivity contribution < 1.29 is 14.7 Å². The molecule has 6 heteroatoms. The molecule has 0 saturated carbocycles. The zero-order valence-corrected chi connectivity index (χ0v) is 9.63. The summed E-state index contributed by atoms with van der Waals surface area (Å²) in [6.45, 7) is 0. The molecule has 0 aromatic heterocycles. The first-order valence-corrected chi connectivity index (χ1v) is 5.16. The van der Waals surface area contributed by atoms with Gasteiger partial charge in [-0.15, -0.1) is 0 Å². The molecule has 0 aliphatic carbocycles. The van der Waals surface area contributed by atoms with E-state index in [-0.39, 0.29) is 6.42 Å². The molecule has 1 aromatic rings. The Morgan fingerprint density at radius 2 is 2.19 bits per heavy atom. The average molecular weight is 262 g/mol. The highest BCUT2D eigenvalue weighted by Gasteiger charge is 2.18. The van der Waals surface area contributed by atoms with Crippen molar-refractivity contribution in [2.24, 2.45) is 0 Å². The Bertz CT molecular complexity index is 409. The molecule has 1 atom stereocenters. The minimum absolute atomic E-state index is 0.115. The fourth-order valence-electron chi connectivity index (χ4n) is 1.21. The van der Waals surface area contributed by atoms with Crippen LogP contribution in [0.25, 0.3) is 0 Å². The topological polar surface area (TPSA) is 66.4 Å². The molecular weight excluding hydrogens is 253 g/mol. The summed E-state index contributed by atoms with van der Waals surface area (Å²) >= 11 is 11.6. The molecule has 0 spiro atoms. The maximum Gasteiger partial charge on any atom is 0.326 e. The smallest absolute Gasteiger partial charge is 0.326 e. The van der Waals surface area contributed by atoms with E-state index in [9.17, 15) is 9.59 Å². The second-order valence-corrected chi connectivity index (χ2v) is 3.96. The lowest BCUT2D eigenvalue weighted by atomic mass is 10.1. The van der Waals surface area contributed by atoms with E-state index in [4.69, 9.17) is 28.3 Å². The summed E-state index contributed by atoms with van der Waals surface area (Å²) in [7, 11) is 0. The summed E-state index contributed by atoms with van der Waals surface area (Å²) in [6, 6.07) is 3.78. The van der Waals surface area contributed by atoms with Gasteiger partial charge >= 0.3 is 5.97 Å². The zero-order valence-electron chi connectivity index (χ0n) is 8.11. The fourth-order valence-corrected chi connectivity index (χ4v) is 1.69. The second-order valence-electron chi connectivity index (χ2n) is 3.12. The van der Waals surface area contributed by atoms with Crippen molar-refractivity contribution in [1.82, 2.24) is 5.32 Å². The van der Waals surface area contributed by atoms with Crippen LogP contribution in [0, 0.1) is 0 Å². The molecule has 0 radical (unpaired) electrons. The first-order valence-electron chi connectivity index (χ1n) is 4.41. The number of halogens is 2. The second kappa shape index (κ2) is 5.72. The summed E-state index contributed by atoms with van der Waals surface area (Å²) in [5.41, 5.74) is 0.618. The number of carboxylic acids is 1. The van der Waals surface area contributed by atoms with Gasteiger partial charge in [-0.1, -0.05) is 29.3 Å². The number of carbonyl (C=O) groups is 2. The molecule has 4 nitrogen and oxygen atoms in total. The molecule has 0 fully saturated rings. The van der Waals surface area contributed by atoms with Crippen LogP contribution in [0.3, 0.4) is 0 Å². The molecule has 86 valence electrons. The number of aliphatic carboxylic acids is 1. The monoisotopic (exact) mass is 261 g/mol. The first kappa shape index (κ1) is 12.8. The van der Waals surface area contributed by atoms with Crippen LogP contribution in [-0.2, 0) is 16.0 Å². The minimum Gasteiger partial charge on any atom is -0.480 e. The quantitative estimate of drug-likeness (QED) is 0.794. The Balaban J connectivity index is 2.84. The number of amides is 1. The van der Waals surface area contributed by atoms with Gasteiger partial charge in [-0.05, 0) is 17.7 Å². The van der Waals surface area contributed by atoms with Gasteiger partial charge in [-0.25, -0.2) is 4.79 Å². The van der Waals surface area contributed by atoms with Gasteiger partial charge in [-0.2, -0.15) is 0 Å². The van der Waals surface area contributed by atoms with E-state index < -0.39 is 12.0 Å². The molecule has 16 heavy (non-hydrogen) atoms. The Labute approximate surface area is 102 Å². The lowest BCUT2D eigenvalue weighted by Gasteiger charge is -2.12. The predicted octanol–water partition coefficient (Wildman–Crippen LogP) is 1.74. The van der Waals surface area contributed by atoms with Gasteiger partial charge in [0, 0.05) is 16.5 Å². The highest BCUT2D eigenvalue weighted by molar-refractivity contribution is 6.35. The van der Waals surface area contributed by atoms with Crippen molar-refractivity contribution in [2.45, 2.75) is 12.5 Å². The summed E-state index contributed by atoms with van der Waals surface area (Å²) in [4.78, 5) is 21.0. The molecule has 0 aliphatic rings. The van der Waals surface area contributed by atoms with Crippen molar-refractivity contribution in [3.05, 3.63) is 33.8 Å². The number of carboxylic acid groups (broad SMARTS) is 1. The SMILES string of the molecule is O=CNC(Cc1ccc(Cl)cc1Cl)C(=O)O. The summed E-state index contributed by atoms with van der Waals surface area (Å²) in [5, 5.41) is 11.9. The Hall–Kier alpha value is -1.26. The van der Waals surface area contributed by atoms with Crippen LogP contribution in [0.5, 0.6) is 0 Å². The van der Waals surface area contributed by atoms with Gasteiger partial charge in [0.25, 0.3) is 0 Å². The lowest BCUT2D eigenvalue weighted by molar-refractivity contribution is -0.140. The van der Waals surface area contributed by atoms with E-state index in [0.717, 1.165) is 0 Å². The number of rotatable bonds is 5. The minimum atomic E-state index is -1.11. The van der Waals surface area contributed by atoms with E-state index in [1.807, 2.05) is 0 Å². The Morgan fingerprint density at radius 1 is 1.50 bits per heavy atom. The largest absolute Gasteiger partial charge is 0.480 e. The highest BCUT2D eigenvalue weighted by atomic mass is 35.5. The summed E-state index contributed by atoms with van der Waals surface area (Å²) in [5.74, 6) is -1.11. The standard InChI is InChI=1S/C10H9Cl2NO3/c11-7-2-1-6(8(12)4-7)3-9(10(15)16)13-5-14/h1-2,4-5,9H,3H2,(H,13,14)(H,15,16).